The maximum atomic E-state index is 12.5. The fourth-order valence-electron chi connectivity index (χ4n) is 2.48. The number of carboxylic acids is 1. The average molecular weight is 435 g/mol. The van der Waals surface area contributed by atoms with E-state index in [0.29, 0.717) is 17.8 Å². The predicted octanol–water partition coefficient (Wildman–Crippen LogP) is 5.29. The van der Waals surface area contributed by atoms with Crippen LogP contribution in [0.5, 0.6) is 0 Å². The van der Waals surface area contributed by atoms with Crippen molar-refractivity contribution in [2.75, 3.05) is 10.6 Å². The molecule has 3 N–H and O–H groups in total. The zero-order chi connectivity index (χ0) is 21.4. The van der Waals surface area contributed by atoms with Crippen LogP contribution in [0.15, 0.2) is 47.4 Å². The van der Waals surface area contributed by atoms with E-state index in [0.717, 1.165) is 17.7 Å². The summed E-state index contributed by atoms with van der Waals surface area (Å²) in [6.45, 7) is 3.78. The van der Waals surface area contributed by atoms with Crippen LogP contribution in [0.25, 0.3) is 0 Å². The molecule has 0 radical (unpaired) electrons. The second-order valence-corrected chi connectivity index (χ2v) is 8.25. The van der Waals surface area contributed by atoms with Crippen molar-refractivity contribution in [3.8, 4) is 0 Å². The van der Waals surface area contributed by atoms with Gasteiger partial charge in [0.25, 0.3) is 0 Å². The minimum absolute atomic E-state index is 0.0308. The van der Waals surface area contributed by atoms with Gasteiger partial charge in [-0.25, -0.2) is 4.79 Å². The molecule has 0 spiro atoms. The monoisotopic (exact) mass is 434 g/mol. The molecule has 2 rings (SSSR count). The van der Waals surface area contributed by atoms with E-state index in [-0.39, 0.29) is 22.4 Å². The third-order valence-corrected chi connectivity index (χ3v) is 5.44. The van der Waals surface area contributed by atoms with Crippen molar-refractivity contribution in [2.24, 2.45) is 0 Å². The molecule has 2 amide bonds. The first-order valence-corrected chi connectivity index (χ1v) is 10.5. The summed E-state index contributed by atoms with van der Waals surface area (Å²) < 4.78 is 0. The molecule has 29 heavy (non-hydrogen) atoms. The Morgan fingerprint density at radius 1 is 1.10 bits per heavy atom. The van der Waals surface area contributed by atoms with E-state index >= 15 is 0 Å². The highest BCUT2D eigenvalue weighted by Gasteiger charge is 2.17. The third kappa shape index (κ3) is 7.11. The van der Waals surface area contributed by atoms with E-state index in [9.17, 15) is 14.4 Å². The Labute approximate surface area is 179 Å². The average Bonchev–Trinajstić information content (AvgIpc) is 2.67. The second kappa shape index (κ2) is 10.9. The van der Waals surface area contributed by atoms with Crippen molar-refractivity contribution < 1.29 is 19.5 Å². The molecule has 1 unspecified atom stereocenters. The number of halogens is 1. The van der Waals surface area contributed by atoms with E-state index in [2.05, 4.69) is 10.6 Å². The maximum Gasteiger partial charge on any atom is 0.337 e. The zero-order valence-corrected chi connectivity index (χ0v) is 17.8. The summed E-state index contributed by atoms with van der Waals surface area (Å²) >= 11 is 7.19. The van der Waals surface area contributed by atoms with Gasteiger partial charge >= 0.3 is 5.97 Å². The SMILES string of the molecule is CCCCC(=O)Nc1cccc(SC(C)C(=O)Nc2ccc(Cl)c(C(=O)O)c2)c1. The number of anilines is 2. The van der Waals surface area contributed by atoms with Crippen molar-refractivity contribution in [1.29, 1.82) is 0 Å². The van der Waals surface area contributed by atoms with Crippen LogP contribution < -0.4 is 10.6 Å². The first-order valence-electron chi connectivity index (χ1n) is 9.20. The van der Waals surface area contributed by atoms with Gasteiger partial charge in [0.1, 0.15) is 0 Å². The molecule has 8 heteroatoms. The number of carbonyl (C=O) groups excluding carboxylic acids is 2. The summed E-state index contributed by atoms with van der Waals surface area (Å²) in [5.74, 6) is -1.46. The van der Waals surface area contributed by atoms with Crippen LogP contribution in [-0.2, 0) is 9.59 Å². The lowest BCUT2D eigenvalue weighted by Crippen LogP contribution is -2.22. The summed E-state index contributed by atoms with van der Waals surface area (Å²) in [6.07, 6.45) is 2.27. The topological polar surface area (TPSA) is 95.5 Å². The van der Waals surface area contributed by atoms with Crippen LogP contribution in [0.1, 0.15) is 43.5 Å². The Bertz CT molecular complexity index is 904. The van der Waals surface area contributed by atoms with Gasteiger partial charge in [-0.2, -0.15) is 0 Å². The molecule has 0 aromatic heterocycles. The number of carboxylic acid groups (broad SMARTS) is 1. The predicted molar refractivity (Wildman–Crippen MR) is 117 cm³/mol. The van der Waals surface area contributed by atoms with Gasteiger partial charge < -0.3 is 15.7 Å². The summed E-state index contributed by atoms with van der Waals surface area (Å²) in [4.78, 5) is 36.4. The zero-order valence-electron chi connectivity index (χ0n) is 16.2. The second-order valence-electron chi connectivity index (χ2n) is 6.43. The number of hydrogen-bond acceptors (Lipinski definition) is 4. The fourth-order valence-corrected chi connectivity index (χ4v) is 3.60. The van der Waals surface area contributed by atoms with Gasteiger partial charge in [-0.15, -0.1) is 11.8 Å². The van der Waals surface area contributed by atoms with Gasteiger partial charge in [0.2, 0.25) is 11.8 Å². The normalized spacial score (nSPS) is 11.6. The van der Waals surface area contributed by atoms with Gasteiger partial charge in [-0.1, -0.05) is 31.0 Å². The summed E-state index contributed by atoms with van der Waals surface area (Å²) in [7, 11) is 0. The summed E-state index contributed by atoms with van der Waals surface area (Å²) in [5.41, 5.74) is 0.977. The minimum atomic E-state index is -1.16. The largest absolute Gasteiger partial charge is 0.478 e. The molecule has 154 valence electrons. The molecular formula is C21H23ClN2O4S. The number of thioether (sulfide) groups is 1. The van der Waals surface area contributed by atoms with E-state index in [1.807, 2.05) is 25.1 Å². The van der Waals surface area contributed by atoms with E-state index in [4.69, 9.17) is 16.7 Å². The molecule has 1 atom stereocenters. The van der Waals surface area contributed by atoms with Gasteiger partial charge in [0.15, 0.2) is 0 Å². The lowest BCUT2D eigenvalue weighted by atomic mass is 10.2. The van der Waals surface area contributed by atoms with E-state index < -0.39 is 11.2 Å². The van der Waals surface area contributed by atoms with Crippen molar-refractivity contribution >= 4 is 52.5 Å². The minimum Gasteiger partial charge on any atom is -0.478 e. The highest BCUT2D eigenvalue weighted by Crippen LogP contribution is 2.27. The van der Waals surface area contributed by atoms with Crippen molar-refractivity contribution in [1.82, 2.24) is 0 Å². The first-order chi connectivity index (χ1) is 13.8. The van der Waals surface area contributed by atoms with Crippen molar-refractivity contribution in [3.63, 3.8) is 0 Å². The van der Waals surface area contributed by atoms with Gasteiger partial charge in [-0.05, 0) is 49.7 Å². The van der Waals surface area contributed by atoms with Gasteiger partial charge in [0.05, 0.1) is 15.8 Å². The number of aromatic carboxylic acids is 1. The van der Waals surface area contributed by atoms with E-state index in [1.165, 1.54) is 23.9 Å². The lowest BCUT2D eigenvalue weighted by molar-refractivity contribution is -0.116. The van der Waals surface area contributed by atoms with Gasteiger partial charge in [-0.3, -0.25) is 9.59 Å². The van der Waals surface area contributed by atoms with Crippen molar-refractivity contribution in [2.45, 2.75) is 43.3 Å². The summed E-state index contributed by atoms with van der Waals surface area (Å²) in [6, 6.07) is 11.6. The molecule has 0 heterocycles. The molecule has 0 aliphatic rings. The number of unbranched alkanes of at least 4 members (excludes halogenated alkanes) is 1. The third-order valence-electron chi connectivity index (χ3n) is 4.02. The van der Waals surface area contributed by atoms with Crippen LogP contribution in [0.4, 0.5) is 11.4 Å². The van der Waals surface area contributed by atoms with Crippen LogP contribution in [0.3, 0.4) is 0 Å². The number of amides is 2. The number of carbonyl (C=O) groups is 3. The molecular weight excluding hydrogens is 412 g/mol. The molecule has 0 fully saturated rings. The molecule has 0 aliphatic carbocycles. The van der Waals surface area contributed by atoms with Crippen molar-refractivity contribution in [3.05, 3.63) is 53.1 Å². The first kappa shape index (κ1) is 22.8. The molecule has 2 aromatic carbocycles. The Morgan fingerprint density at radius 3 is 2.52 bits per heavy atom. The molecule has 0 saturated heterocycles. The van der Waals surface area contributed by atoms with Crippen LogP contribution in [0.2, 0.25) is 5.02 Å². The smallest absolute Gasteiger partial charge is 0.337 e. The Balaban J connectivity index is 1.99. The molecule has 0 bridgehead atoms. The Kier molecular flexibility index (Phi) is 8.54. The maximum absolute atomic E-state index is 12.5. The molecule has 2 aromatic rings. The number of benzene rings is 2. The quantitative estimate of drug-likeness (QED) is 0.466. The summed E-state index contributed by atoms with van der Waals surface area (Å²) in [5, 5.41) is 14.4. The standard InChI is InChI=1S/C21H23ClN2O4S/c1-3-4-8-19(25)23-14-6-5-7-16(11-14)29-13(2)20(26)24-15-9-10-18(22)17(12-15)21(27)28/h5-7,9-13H,3-4,8H2,1-2H3,(H,23,25)(H,24,26)(H,27,28). The highest BCUT2D eigenvalue weighted by atomic mass is 35.5. The fraction of sp³-hybridized carbons (Fsp3) is 0.286. The van der Waals surface area contributed by atoms with Crippen LogP contribution in [-0.4, -0.2) is 28.1 Å². The Morgan fingerprint density at radius 2 is 1.83 bits per heavy atom. The van der Waals surface area contributed by atoms with Crippen LogP contribution >= 0.6 is 23.4 Å². The number of rotatable bonds is 9. The highest BCUT2D eigenvalue weighted by molar-refractivity contribution is 8.00. The van der Waals surface area contributed by atoms with Crippen LogP contribution in [0, 0.1) is 0 Å². The molecule has 0 saturated carbocycles. The Hall–Kier alpha value is -2.51. The number of nitrogens with one attached hydrogen (secondary N) is 2. The molecule has 6 nitrogen and oxygen atoms in total. The number of hydrogen-bond donors (Lipinski definition) is 3. The lowest BCUT2D eigenvalue weighted by Gasteiger charge is -2.13. The molecule has 0 aliphatic heterocycles. The van der Waals surface area contributed by atoms with Gasteiger partial charge in [0, 0.05) is 22.7 Å². The van der Waals surface area contributed by atoms with E-state index in [1.54, 1.807) is 19.1 Å².